The highest BCUT2D eigenvalue weighted by Crippen LogP contribution is 2.27. The van der Waals surface area contributed by atoms with Crippen molar-refractivity contribution in [3.8, 4) is 0 Å². The van der Waals surface area contributed by atoms with E-state index in [4.69, 9.17) is 4.74 Å². The number of ether oxygens (including phenoxy) is 1. The highest BCUT2D eigenvalue weighted by Gasteiger charge is 2.15. The van der Waals surface area contributed by atoms with Gasteiger partial charge in [-0.3, -0.25) is 0 Å². The van der Waals surface area contributed by atoms with Crippen LogP contribution in [0, 0.1) is 0 Å². The molecular weight excluding hydrogens is 176 g/mol. The van der Waals surface area contributed by atoms with Gasteiger partial charge in [0.25, 0.3) is 0 Å². The number of hydrogen-bond donors (Lipinski definition) is 0. The molecule has 0 aromatic carbocycles. The highest BCUT2D eigenvalue weighted by atomic mass is 16.5. The average Bonchev–Trinajstić information content (AvgIpc) is 2.69. The molecule has 0 N–H and O–H groups in total. The van der Waals surface area contributed by atoms with Crippen LogP contribution in [0.3, 0.4) is 0 Å². The van der Waals surface area contributed by atoms with Crippen molar-refractivity contribution < 1.29 is 9.53 Å². The fourth-order valence-corrected chi connectivity index (χ4v) is 1.74. The molecule has 1 rings (SSSR count). The maximum atomic E-state index is 11.5. The highest BCUT2D eigenvalue weighted by molar-refractivity contribution is 5.88. The van der Waals surface area contributed by atoms with E-state index in [1.54, 1.807) is 0 Å². The smallest absolute Gasteiger partial charge is 0.333 e. The lowest BCUT2D eigenvalue weighted by molar-refractivity contribution is -0.139. The molecule has 14 heavy (non-hydrogen) atoms. The van der Waals surface area contributed by atoms with Crippen molar-refractivity contribution in [1.82, 2.24) is 0 Å². The topological polar surface area (TPSA) is 26.3 Å². The maximum Gasteiger partial charge on any atom is 0.333 e. The summed E-state index contributed by atoms with van der Waals surface area (Å²) >= 11 is 0. The lowest BCUT2D eigenvalue weighted by Crippen LogP contribution is -2.08. The molecule has 0 radical (unpaired) electrons. The first-order valence-electron chi connectivity index (χ1n) is 5.61. The Hall–Kier alpha value is -0.790. The summed E-state index contributed by atoms with van der Waals surface area (Å²) in [5.74, 6) is -0.102. The summed E-state index contributed by atoms with van der Waals surface area (Å²) in [6.45, 7) is 4.56. The summed E-state index contributed by atoms with van der Waals surface area (Å²) in [6, 6.07) is 0. The molecule has 0 heterocycles. The predicted octanol–water partition coefficient (Wildman–Crippen LogP) is 3.22. The maximum absolute atomic E-state index is 11.5. The Morgan fingerprint density at radius 2 is 2.00 bits per heavy atom. The summed E-state index contributed by atoms with van der Waals surface area (Å²) in [6.07, 6.45) is 6.69. The Balaban J connectivity index is 2.39. The van der Waals surface area contributed by atoms with Crippen LogP contribution in [-0.2, 0) is 9.53 Å². The van der Waals surface area contributed by atoms with Crippen LogP contribution < -0.4 is 0 Å². The first kappa shape index (κ1) is 11.3. The molecule has 0 atom stereocenters. The zero-order chi connectivity index (χ0) is 10.4. The minimum atomic E-state index is -0.102. The van der Waals surface area contributed by atoms with Crippen molar-refractivity contribution in [3.05, 3.63) is 11.1 Å². The lowest BCUT2D eigenvalue weighted by atomic mass is 10.1. The largest absolute Gasteiger partial charge is 0.462 e. The fourth-order valence-electron chi connectivity index (χ4n) is 1.74. The van der Waals surface area contributed by atoms with Gasteiger partial charge < -0.3 is 4.74 Å². The molecule has 2 heteroatoms. The van der Waals surface area contributed by atoms with E-state index in [9.17, 15) is 4.79 Å². The minimum absolute atomic E-state index is 0.102. The number of carbonyl (C=O) groups excluding carboxylic acids is 1. The molecule has 0 aliphatic heterocycles. The molecule has 1 saturated carbocycles. The van der Waals surface area contributed by atoms with Gasteiger partial charge in [-0.25, -0.2) is 4.79 Å². The van der Waals surface area contributed by atoms with Gasteiger partial charge in [0.05, 0.1) is 6.61 Å². The van der Waals surface area contributed by atoms with Crippen molar-refractivity contribution in [2.45, 2.75) is 52.4 Å². The Labute approximate surface area is 86.3 Å². The van der Waals surface area contributed by atoms with Gasteiger partial charge in [0, 0.05) is 5.57 Å². The van der Waals surface area contributed by atoms with Crippen molar-refractivity contribution in [2.75, 3.05) is 6.61 Å². The number of allylic oxidation sites excluding steroid dienone is 1. The predicted molar refractivity (Wildman–Crippen MR) is 57.0 cm³/mol. The second kappa shape index (κ2) is 5.84. The van der Waals surface area contributed by atoms with Crippen LogP contribution in [0.1, 0.15) is 52.4 Å². The van der Waals surface area contributed by atoms with E-state index in [-0.39, 0.29) is 5.97 Å². The average molecular weight is 196 g/mol. The Morgan fingerprint density at radius 1 is 1.36 bits per heavy atom. The second-order valence-electron chi connectivity index (χ2n) is 3.93. The Bertz CT molecular complexity index is 220. The second-order valence-corrected chi connectivity index (χ2v) is 3.93. The van der Waals surface area contributed by atoms with Crippen LogP contribution in [-0.4, -0.2) is 12.6 Å². The standard InChI is InChI=1S/C12H20O2/c1-3-4-9-14-12(13)10(2)11-7-5-6-8-11/h3-9H2,1-2H3. The SMILES string of the molecule is CCCCOC(=O)C(C)=C1CCCC1. The van der Waals surface area contributed by atoms with Crippen LogP contribution in [0.4, 0.5) is 0 Å². The van der Waals surface area contributed by atoms with Crippen LogP contribution in [0.25, 0.3) is 0 Å². The molecule has 0 bridgehead atoms. The molecule has 0 aromatic heterocycles. The zero-order valence-corrected chi connectivity index (χ0v) is 9.27. The van der Waals surface area contributed by atoms with Crippen molar-refractivity contribution >= 4 is 5.97 Å². The molecule has 0 spiro atoms. The van der Waals surface area contributed by atoms with Crippen molar-refractivity contribution in [1.29, 1.82) is 0 Å². The molecule has 2 nitrogen and oxygen atoms in total. The molecule has 0 aromatic rings. The van der Waals surface area contributed by atoms with E-state index < -0.39 is 0 Å². The molecule has 0 saturated heterocycles. The third-order valence-corrected chi connectivity index (χ3v) is 2.77. The zero-order valence-electron chi connectivity index (χ0n) is 9.27. The number of carbonyl (C=O) groups is 1. The monoisotopic (exact) mass is 196 g/mol. The molecule has 1 aliphatic carbocycles. The van der Waals surface area contributed by atoms with Crippen molar-refractivity contribution in [3.63, 3.8) is 0 Å². The van der Waals surface area contributed by atoms with E-state index in [1.807, 2.05) is 6.92 Å². The summed E-state index contributed by atoms with van der Waals surface area (Å²) in [5.41, 5.74) is 2.17. The van der Waals surface area contributed by atoms with Crippen LogP contribution in [0.15, 0.2) is 11.1 Å². The van der Waals surface area contributed by atoms with Gasteiger partial charge in [0.2, 0.25) is 0 Å². The Kier molecular flexibility index (Phi) is 4.71. The van der Waals surface area contributed by atoms with E-state index >= 15 is 0 Å². The molecule has 0 amide bonds. The molecule has 0 unspecified atom stereocenters. The molecular formula is C12H20O2. The van der Waals surface area contributed by atoms with Gasteiger partial charge in [0.1, 0.15) is 0 Å². The fraction of sp³-hybridized carbons (Fsp3) is 0.750. The molecule has 80 valence electrons. The van der Waals surface area contributed by atoms with Gasteiger partial charge >= 0.3 is 5.97 Å². The lowest BCUT2D eigenvalue weighted by Gasteiger charge is -2.06. The van der Waals surface area contributed by atoms with Gasteiger partial charge in [-0.05, 0) is 39.0 Å². The van der Waals surface area contributed by atoms with E-state index in [0.717, 1.165) is 31.3 Å². The summed E-state index contributed by atoms with van der Waals surface area (Å²) in [4.78, 5) is 11.5. The number of esters is 1. The van der Waals surface area contributed by atoms with Gasteiger partial charge in [-0.1, -0.05) is 18.9 Å². The quantitative estimate of drug-likeness (QED) is 0.392. The Morgan fingerprint density at radius 3 is 2.57 bits per heavy atom. The van der Waals surface area contributed by atoms with Crippen LogP contribution in [0.2, 0.25) is 0 Å². The number of rotatable bonds is 4. The van der Waals surface area contributed by atoms with E-state index in [1.165, 1.54) is 18.4 Å². The van der Waals surface area contributed by atoms with Crippen LogP contribution >= 0.6 is 0 Å². The van der Waals surface area contributed by atoms with Gasteiger partial charge in [0.15, 0.2) is 0 Å². The minimum Gasteiger partial charge on any atom is -0.462 e. The van der Waals surface area contributed by atoms with Gasteiger partial charge in [-0.2, -0.15) is 0 Å². The normalized spacial score (nSPS) is 15.7. The summed E-state index contributed by atoms with van der Waals surface area (Å²) < 4.78 is 5.16. The molecule has 1 aliphatic rings. The van der Waals surface area contributed by atoms with Gasteiger partial charge in [-0.15, -0.1) is 0 Å². The van der Waals surface area contributed by atoms with E-state index in [0.29, 0.717) is 6.61 Å². The summed E-state index contributed by atoms with van der Waals surface area (Å²) in [7, 11) is 0. The van der Waals surface area contributed by atoms with Crippen molar-refractivity contribution in [2.24, 2.45) is 0 Å². The third kappa shape index (κ3) is 3.17. The first-order valence-corrected chi connectivity index (χ1v) is 5.61. The van der Waals surface area contributed by atoms with E-state index in [2.05, 4.69) is 6.92 Å². The summed E-state index contributed by atoms with van der Waals surface area (Å²) in [5, 5.41) is 0. The number of unbranched alkanes of at least 4 members (excludes halogenated alkanes) is 1. The van der Waals surface area contributed by atoms with Crippen LogP contribution in [0.5, 0.6) is 0 Å². The first-order chi connectivity index (χ1) is 6.75. The molecule has 1 fully saturated rings. The number of hydrogen-bond acceptors (Lipinski definition) is 2. The third-order valence-electron chi connectivity index (χ3n) is 2.77.